The molecule has 5 nitrogen and oxygen atoms in total. The number of fused-ring (bicyclic) bond motifs is 1. The van der Waals surface area contributed by atoms with Crippen molar-refractivity contribution in [2.45, 2.75) is 20.0 Å². The summed E-state index contributed by atoms with van der Waals surface area (Å²) in [6.07, 6.45) is 0.667. The lowest BCUT2D eigenvalue weighted by molar-refractivity contribution is 0.0688. The maximum absolute atomic E-state index is 11.2. The second-order valence-corrected chi connectivity index (χ2v) is 4.92. The predicted octanol–water partition coefficient (Wildman–Crippen LogP) is 3.67. The number of ether oxygens (including phenoxy) is 1. The van der Waals surface area contributed by atoms with Crippen LogP contribution in [-0.2, 0) is 13.0 Å². The first-order chi connectivity index (χ1) is 10.7. The number of carboxylic acids is 1. The van der Waals surface area contributed by atoms with Crippen LogP contribution in [0, 0.1) is 0 Å². The number of carbonyl (C=O) groups is 1. The minimum Gasteiger partial charge on any atom is -0.489 e. The third-order valence-corrected chi connectivity index (χ3v) is 3.46. The standard InChI is InChI=1S/C17H15NO4/c1-2-12-8-13(21-10-11-6-4-3-5-7-11)9-14-15(12)16(17(19)20)18-22-14/h3-9H,2,10H2,1H3,(H,19,20). The van der Waals surface area contributed by atoms with Gasteiger partial charge in [0.2, 0.25) is 0 Å². The third kappa shape index (κ3) is 2.65. The summed E-state index contributed by atoms with van der Waals surface area (Å²) in [5, 5.41) is 13.3. The Labute approximate surface area is 127 Å². The smallest absolute Gasteiger partial charge is 0.358 e. The number of hydrogen-bond acceptors (Lipinski definition) is 4. The van der Waals surface area contributed by atoms with Crippen molar-refractivity contribution in [3.63, 3.8) is 0 Å². The number of hydrogen-bond donors (Lipinski definition) is 1. The summed E-state index contributed by atoms with van der Waals surface area (Å²) in [6.45, 7) is 2.39. The summed E-state index contributed by atoms with van der Waals surface area (Å²) >= 11 is 0. The van der Waals surface area contributed by atoms with Gasteiger partial charge in [0, 0.05) is 6.07 Å². The summed E-state index contributed by atoms with van der Waals surface area (Å²) in [6, 6.07) is 13.3. The van der Waals surface area contributed by atoms with E-state index in [2.05, 4.69) is 5.16 Å². The van der Waals surface area contributed by atoms with Crippen molar-refractivity contribution in [2.24, 2.45) is 0 Å². The Balaban J connectivity index is 1.93. The first kappa shape index (κ1) is 14.1. The number of aromatic carboxylic acids is 1. The Morgan fingerprint density at radius 3 is 2.73 bits per heavy atom. The molecule has 3 rings (SSSR count). The first-order valence-electron chi connectivity index (χ1n) is 7.01. The topological polar surface area (TPSA) is 72.6 Å². The number of aryl methyl sites for hydroxylation is 1. The molecule has 22 heavy (non-hydrogen) atoms. The highest BCUT2D eigenvalue weighted by molar-refractivity contribution is 6.02. The molecule has 0 atom stereocenters. The van der Waals surface area contributed by atoms with E-state index in [1.807, 2.05) is 43.3 Å². The molecule has 0 saturated carbocycles. The van der Waals surface area contributed by atoms with Crippen LogP contribution in [-0.4, -0.2) is 16.2 Å². The molecule has 0 amide bonds. The average Bonchev–Trinajstić information content (AvgIpc) is 2.97. The van der Waals surface area contributed by atoms with Gasteiger partial charge in [0.05, 0.1) is 5.39 Å². The van der Waals surface area contributed by atoms with Crippen LogP contribution in [0.15, 0.2) is 47.0 Å². The molecule has 1 heterocycles. The van der Waals surface area contributed by atoms with Crippen molar-refractivity contribution in [3.8, 4) is 5.75 Å². The quantitative estimate of drug-likeness (QED) is 0.778. The Bertz CT molecular complexity index is 808. The zero-order valence-corrected chi connectivity index (χ0v) is 12.1. The molecule has 0 aliphatic carbocycles. The van der Waals surface area contributed by atoms with Crippen LogP contribution in [0.5, 0.6) is 5.75 Å². The van der Waals surface area contributed by atoms with Crippen molar-refractivity contribution < 1.29 is 19.2 Å². The molecule has 0 fully saturated rings. The van der Waals surface area contributed by atoms with E-state index in [4.69, 9.17) is 14.4 Å². The van der Waals surface area contributed by atoms with E-state index >= 15 is 0 Å². The Hall–Kier alpha value is -2.82. The molecule has 0 aliphatic rings. The Morgan fingerprint density at radius 1 is 1.27 bits per heavy atom. The second kappa shape index (κ2) is 5.89. The molecule has 2 aromatic carbocycles. The van der Waals surface area contributed by atoms with Gasteiger partial charge in [-0.15, -0.1) is 0 Å². The summed E-state index contributed by atoms with van der Waals surface area (Å²) in [7, 11) is 0. The lowest BCUT2D eigenvalue weighted by Crippen LogP contribution is -1.99. The average molecular weight is 297 g/mol. The molecule has 5 heteroatoms. The molecule has 0 bridgehead atoms. The number of benzene rings is 2. The molecule has 112 valence electrons. The minimum atomic E-state index is -1.09. The fourth-order valence-electron chi connectivity index (χ4n) is 2.38. The number of nitrogens with zero attached hydrogens (tertiary/aromatic N) is 1. The van der Waals surface area contributed by atoms with Gasteiger partial charge in [-0.05, 0) is 23.6 Å². The van der Waals surface area contributed by atoms with Gasteiger partial charge in [-0.3, -0.25) is 0 Å². The van der Waals surface area contributed by atoms with Crippen LogP contribution in [0.2, 0.25) is 0 Å². The van der Waals surface area contributed by atoms with E-state index in [9.17, 15) is 4.79 Å². The lowest BCUT2D eigenvalue weighted by Gasteiger charge is -2.08. The third-order valence-electron chi connectivity index (χ3n) is 3.46. The van der Waals surface area contributed by atoms with E-state index < -0.39 is 5.97 Å². The van der Waals surface area contributed by atoms with Crippen LogP contribution in [0.1, 0.15) is 28.5 Å². The number of rotatable bonds is 5. The number of carboxylic acid groups (broad SMARTS) is 1. The first-order valence-corrected chi connectivity index (χ1v) is 7.01. The van der Waals surface area contributed by atoms with E-state index in [0.717, 1.165) is 11.1 Å². The molecule has 0 radical (unpaired) electrons. The Kier molecular flexibility index (Phi) is 3.78. The zero-order valence-electron chi connectivity index (χ0n) is 12.1. The molecule has 0 saturated heterocycles. The molecular formula is C17H15NO4. The van der Waals surface area contributed by atoms with Crippen LogP contribution in [0.3, 0.4) is 0 Å². The molecule has 0 aliphatic heterocycles. The minimum absolute atomic E-state index is 0.0542. The van der Waals surface area contributed by atoms with Crippen LogP contribution in [0.25, 0.3) is 11.0 Å². The highest BCUT2D eigenvalue weighted by atomic mass is 16.5. The summed E-state index contributed by atoms with van der Waals surface area (Å²) in [4.78, 5) is 11.2. The van der Waals surface area contributed by atoms with Crippen LogP contribution in [0.4, 0.5) is 0 Å². The van der Waals surface area contributed by atoms with Gasteiger partial charge in [-0.2, -0.15) is 0 Å². The molecule has 1 aromatic heterocycles. The largest absolute Gasteiger partial charge is 0.489 e. The summed E-state index contributed by atoms with van der Waals surface area (Å²) in [5.41, 5.74) is 2.28. The van der Waals surface area contributed by atoms with Gasteiger partial charge in [-0.25, -0.2) is 4.79 Å². The van der Waals surface area contributed by atoms with Crippen molar-refractivity contribution in [2.75, 3.05) is 0 Å². The van der Waals surface area contributed by atoms with E-state index in [0.29, 0.717) is 29.7 Å². The van der Waals surface area contributed by atoms with Gasteiger partial charge in [0.1, 0.15) is 12.4 Å². The maximum atomic E-state index is 11.2. The van der Waals surface area contributed by atoms with Crippen molar-refractivity contribution >= 4 is 16.9 Å². The van der Waals surface area contributed by atoms with Crippen molar-refractivity contribution in [3.05, 3.63) is 59.3 Å². The molecule has 0 spiro atoms. The molecule has 1 N–H and O–H groups in total. The van der Waals surface area contributed by atoms with Gasteiger partial charge in [-0.1, -0.05) is 42.4 Å². The van der Waals surface area contributed by atoms with Crippen LogP contribution < -0.4 is 4.74 Å². The highest BCUT2D eigenvalue weighted by Gasteiger charge is 2.19. The Morgan fingerprint density at radius 2 is 2.05 bits per heavy atom. The van der Waals surface area contributed by atoms with Gasteiger partial charge >= 0.3 is 5.97 Å². The molecule has 3 aromatic rings. The summed E-state index contributed by atoms with van der Waals surface area (Å²) < 4.78 is 10.9. The highest BCUT2D eigenvalue weighted by Crippen LogP contribution is 2.29. The molecular weight excluding hydrogens is 282 g/mol. The SMILES string of the molecule is CCc1cc(OCc2ccccc2)cc2onc(C(=O)O)c12. The predicted molar refractivity (Wildman–Crippen MR) is 81.1 cm³/mol. The monoisotopic (exact) mass is 297 g/mol. The summed E-state index contributed by atoms with van der Waals surface area (Å²) in [5.74, 6) is -0.451. The second-order valence-electron chi connectivity index (χ2n) is 4.92. The van der Waals surface area contributed by atoms with E-state index in [1.165, 1.54) is 0 Å². The number of aromatic nitrogens is 1. The van der Waals surface area contributed by atoms with E-state index in [-0.39, 0.29) is 5.69 Å². The fourth-order valence-corrected chi connectivity index (χ4v) is 2.38. The normalized spacial score (nSPS) is 10.8. The van der Waals surface area contributed by atoms with Gasteiger partial charge in [0.15, 0.2) is 11.3 Å². The van der Waals surface area contributed by atoms with Crippen molar-refractivity contribution in [1.29, 1.82) is 0 Å². The zero-order chi connectivity index (χ0) is 15.5. The van der Waals surface area contributed by atoms with Crippen LogP contribution >= 0.6 is 0 Å². The lowest BCUT2D eigenvalue weighted by atomic mass is 10.1. The van der Waals surface area contributed by atoms with Crippen molar-refractivity contribution in [1.82, 2.24) is 5.16 Å². The van der Waals surface area contributed by atoms with E-state index in [1.54, 1.807) is 6.07 Å². The molecule has 0 unspecified atom stereocenters. The maximum Gasteiger partial charge on any atom is 0.358 e. The van der Waals surface area contributed by atoms with Gasteiger partial charge < -0.3 is 14.4 Å². The van der Waals surface area contributed by atoms with Gasteiger partial charge in [0.25, 0.3) is 0 Å². The fraction of sp³-hybridized carbons (Fsp3) is 0.176.